The van der Waals surface area contributed by atoms with Gasteiger partial charge in [-0.05, 0) is 49.1 Å². The minimum atomic E-state index is -1.01. The quantitative estimate of drug-likeness (QED) is 0.318. The van der Waals surface area contributed by atoms with Crippen molar-refractivity contribution in [2.45, 2.75) is 57.9 Å². The number of carboxylic acid groups (broad SMARTS) is 1. The van der Waals surface area contributed by atoms with E-state index in [0.29, 0.717) is 17.7 Å². The van der Waals surface area contributed by atoms with E-state index in [0.717, 1.165) is 53.5 Å². The first-order chi connectivity index (χ1) is 17.5. The van der Waals surface area contributed by atoms with Gasteiger partial charge in [-0.25, -0.2) is 9.59 Å². The molecule has 0 radical (unpaired) electrons. The van der Waals surface area contributed by atoms with E-state index in [4.69, 9.17) is 9.84 Å². The summed E-state index contributed by atoms with van der Waals surface area (Å²) < 4.78 is 15.8. The van der Waals surface area contributed by atoms with Gasteiger partial charge in [0.2, 0.25) is 0 Å². The van der Waals surface area contributed by atoms with E-state index in [1.165, 1.54) is 18.1 Å². The molecule has 2 aromatic carbocycles. The van der Waals surface area contributed by atoms with Crippen LogP contribution >= 0.6 is 11.7 Å². The van der Waals surface area contributed by atoms with Crippen LogP contribution < -0.4 is 0 Å². The molecule has 1 saturated carbocycles. The first-order valence-electron chi connectivity index (χ1n) is 12.3. The maximum atomic E-state index is 13.3. The lowest BCUT2D eigenvalue weighted by atomic mass is 9.84. The van der Waals surface area contributed by atoms with Crippen LogP contribution in [0, 0.1) is 0 Å². The minimum Gasteiger partial charge on any atom is -0.478 e. The summed E-state index contributed by atoms with van der Waals surface area (Å²) in [4.78, 5) is 25.2. The molecule has 36 heavy (non-hydrogen) atoms. The third kappa shape index (κ3) is 4.88. The van der Waals surface area contributed by atoms with E-state index in [9.17, 15) is 14.7 Å². The Morgan fingerprint density at radius 1 is 1.08 bits per heavy atom. The molecule has 0 saturated heterocycles. The van der Waals surface area contributed by atoms with Gasteiger partial charge in [0.1, 0.15) is 11.0 Å². The fraction of sp³-hybridized carbons (Fsp3) is 0.370. The van der Waals surface area contributed by atoms with Crippen LogP contribution in [0.15, 0.2) is 42.5 Å². The third-order valence-electron chi connectivity index (χ3n) is 6.81. The van der Waals surface area contributed by atoms with E-state index in [1.807, 2.05) is 18.2 Å². The van der Waals surface area contributed by atoms with Crippen molar-refractivity contribution in [3.63, 3.8) is 0 Å². The predicted octanol–water partition coefficient (Wildman–Crippen LogP) is 5.45. The molecular weight excluding hydrogens is 476 g/mol. The molecule has 2 heterocycles. The monoisotopic (exact) mass is 504 g/mol. The molecule has 0 aliphatic heterocycles. The van der Waals surface area contributed by atoms with Crippen LogP contribution in [0.3, 0.4) is 0 Å². The Labute approximate surface area is 213 Å². The summed E-state index contributed by atoms with van der Waals surface area (Å²) in [6, 6.07) is 12.8. The van der Waals surface area contributed by atoms with Crippen molar-refractivity contribution in [1.29, 1.82) is 0 Å². The highest BCUT2D eigenvalue weighted by atomic mass is 32.1. The molecule has 5 rings (SSSR count). The number of hydrogen-bond acceptors (Lipinski definition) is 7. The Kier molecular flexibility index (Phi) is 7.09. The number of rotatable bonds is 8. The van der Waals surface area contributed by atoms with Crippen LogP contribution in [0.1, 0.15) is 88.2 Å². The number of hydrogen-bond donors (Lipinski definition) is 1. The zero-order valence-corrected chi connectivity index (χ0v) is 21.0. The number of aromatic carboxylic acids is 1. The Balaban J connectivity index is 1.63. The fourth-order valence-electron chi connectivity index (χ4n) is 5.11. The largest absolute Gasteiger partial charge is 0.478 e. The number of nitrogens with zero attached hydrogens (tertiary/aromatic N) is 4. The molecule has 1 aliphatic rings. The first kappa shape index (κ1) is 24.1. The molecule has 1 fully saturated rings. The Morgan fingerprint density at radius 2 is 1.86 bits per heavy atom. The van der Waals surface area contributed by atoms with Crippen molar-refractivity contribution in [3.8, 4) is 0 Å². The van der Waals surface area contributed by atoms with Gasteiger partial charge in [0.25, 0.3) is 0 Å². The second-order valence-electron chi connectivity index (χ2n) is 9.15. The van der Waals surface area contributed by atoms with Crippen LogP contribution in [-0.4, -0.2) is 42.2 Å². The van der Waals surface area contributed by atoms with Crippen LogP contribution in [0.5, 0.6) is 0 Å². The smallest absolute Gasteiger partial charge is 0.356 e. The zero-order valence-electron chi connectivity index (χ0n) is 20.1. The molecule has 9 heteroatoms. The van der Waals surface area contributed by atoms with E-state index in [-0.39, 0.29) is 24.6 Å². The Hall–Kier alpha value is -3.59. The Bertz CT molecular complexity index is 1400. The van der Waals surface area contributed by atoms with Gasteiger partial charge in [-0.1, -0.05) is 43.5 Å². The highest BCUT2D eigenvalue weighted by molar-refractivity contribution is 7.00. The molecule has 0 bridgehead atoms. The third-order valence-corrected chi connectivity index (χ3v) is 7.37. The molecule has 4 aromatic rings. The lowest BCUT2D eigenvalue weighted by Gasteiger charge is -2.21. The summed E-state index contributed by atoms with van der Waals surface area (Å²) in [6.07, 6.45) is 6.01. The molecule has 8 nitrogen and oxygen atoms in total. The number of esters is 1. The van der Waals surface area contributed by atoms with E-state index >= 15 is 0 Å². The normalized spacial score (nSPS) is 14.2. The summed E-state index contributed by atoms with van der Waals surface area (Å²) in [7, 11) is 0. The number of ether oxygens (including phenoxy) is 1. The molecular formula is C27H28N4O4S. The van der Waals surface area contributed by atoms with Crippen LogP contribution in [0.4, 0.5) is 0 Å². The van der Waals surface area contributed by atoms with Crippen LogP contribution in [-0.2, 0) is 17.7 Å². The molecule has 0 atom stereocenters. The summed E-state index contributed by atoms with van der Waals surface area (Å²) in [5.74, 6) is -1.19. The number of benzene rings is 2. The molecule has 186 valence electrons. The van der Waals surface area contributed by atoms with Crippen molar-refractivity contribution < 1.29 is 19.4 Å². The van der Waals surface area contributed by atoms with Crippen LogP contribution in [0.2, 0.25) is 0 Å². The Morgan fingerprint density at radius 3 is 2.64 bits per heavy atom. The summed E-state index contributed by atoms with van der Waals surface area (Å²) in [6.45, 7) is 2.19. The van der Waals surface area contributed by atoms with Gasteiger partial charge >= 0.3 is 11.9 Å². The highest BCUT2D eigenvalue weighted by Gasteiger charge is 2.30. The minimum absolute atomic E-state index is 0.172. The molecule has 0 amide bonds. The first-order valence-corrected chi connectivity index (χ1v) is 13.1. The molecule has 0 unspecified atom stereocenters. The summed E-state index contributed by atoms with van der Waals surface area (Å²) >= 11 is 1.18. The van der Waals surface area contributed by atoms with Crippen molar-refractivity contribution in [3.05, 3.63) is 76.1 Å². The molecule has 1 aliphatic carbocycles. The molecule has 1 N–H and O–H groups in total. The number of carboxylic acids is 1. The summed E-state index contributed by atoms with van der Waals surface area (Å²) in [5, 5.41) is 14.7. The standard InChI is InChI=1S/C27H28N4O4S/c1-2-35-27(34)25-21(14-17-12-13-22-23(15-17)30-36-29-22)24(18-8-4-3-5-9-18)28-31(25)16-19-10-6-7-11-20(19)26(32)33/h6-7,10-13,15,18H,2-5,8-9,14,16H2,1H3,(H,32,33). The number of fused-ring (bicyclic) bond motifs is 1. The topological polar surface area (TPSA) is 107 Å². The number of aromatic nitrogens is 4. The molecule has 0 spiro atoms. The predicted molar refractivity (Wildman–Crippen MR) is 137 cm³/mol. The van der Waals surface area contributed by atoms with Crippen molar-refractivity contribution in [2.75, 3.05) is 6.61 Å². The lowest BCUT2D eigenvalue weighted by Crippen LogP contribution is -2.17. The average molecular weight is 505 g/mol. The van der Waals surface area contributed by atoms with Gasteiger partial charge in [-0.2, -0.15) is 13.8 Å². The number of carbonyl (C=O) groups excluding carboxylic acids is 1. The average Bonchev–Trinajstić information content (AvgIpc) is 3.49. The van der Waals surface area contributed by atoms with Gasteiger partial charge in [0.15, 0.2) is 5.69 Å². The SMILES string of the molecule is CCOC(=O)c1c(Cc2ccc3nsnc3c2)c(C2CCCCC2)nn1Cc1ccccc1C(=O)O. The van der Waals surface area contributed by atoms with Gasteiger partial charge in [0, 0.05) is 17.9 Å². The van der Waals surface area contributed by atoms with Gasteiger partial charge in [-0.15, -0.1) is 0 Å². The maximum Gasteiger partial charge on any atom is 0.356 e. The van der Waals surface area contributed by atoms with Crippen molar-refractivity contribution >= 4 is 34.7 Å². The second kappa shape index (κ2) is 10.6. The van der Waals surface area contributed by atoms with E-state index < -0.39 is 11.9 Å². The van der Waals surface area contributed by atoms with Gasteiger partial charge in [0.05, 0.1) is 36.1 Å². The van der Waals surface area contributed by atoms with E-state index in [2.05, 4.69) is 8.75 Å². The summed E-state index contributed by atoms with van der Waals surface area (Å²) in [5.41, 5.74) is 5.66. The van der Waals surface area contributed by atoms with E-state index in [1.54, 1.807) is 35.9 Å². The zero-order chi connectivity index (χ0) is 25.1. The van der Waals surface area contributed by atoms with Gasteiger partial charge in [-0.3, -0.25) is 4.68 Å². The fourth-order valence-corrected chi connectivity index (χ4v) is 5.63. The molecule has 2 aromatic heterocycles. The second-order valence-corrected chi connectivity index (χ2v) is 9.68. The highest BCUT2D eigenvalue weighted by Crippen LogP contribution is 2.36. The van der Waals surface area contributed by atoms with Crippen molar-refractivity contribution in [1.82, 2.24) is 18.5 Å². The number of carbonyl (C=O) groups is 2. The maximum absolute atomic E-state index is 13.3. The lowest BCUT2D eigenvalue weighted by molar-refractivity contribution is 0.0511. The van der Waals surface area contributed by atoms with Crippen molar-refractivity contribution in [2.24, 2.45) is 0 Å². The van der Waals surface area contributed by atoms with Gasteiger partial charge < -0.3 is 9.84 Å². The van der Waals surface area contributed by atoms with Crippen LogP contribution in [0.25, 0.3) is 11.0 Å².